The first kappa shape index (κ1) is 12.3. The minimum Gasteiger partial charge on any atom is -0.350 e. The predicted octanol–water partition coefficient (Wildman–Crippen LogP) is 3.34. The molecule has 0 unspecified atom stereocenters. The normalized spacial score (nSPS) is 11.1. The molecule has 4 heteroatoms. The second-order valence-electron chi connectivity index (χ2n) is 3.97. The number of hydrogen-bond donors (Lipinski definition) is 1. The first-order chi connectivity index (χ1) is 6.96. The van der Waals surface area contributed by atoms with Crippen LogP contribution < -0.4 is 5.32 Å². The van der Waals surface area contributed by atoms with E-state index in [1.54, 1.807) is 11.4 Å². The minimum atomic E-state index is -0.120. The van der Waals surface area contributed by atoms with Crippen LogP contribution in [0, 0.1) is 5.41 Å². The van der Waals surface area contributed by atoms with Crippen molar-refractivity contribution in [1.29, 1.82) is 0 Å². The molecule has 1 amide bonds. The van der Waals surface area contributed by atoms with E-state index in [2.05, 4.69) is 11.9 Å². The summed E-state index contributed by atoms with van der Waals surface area (Å²) in [6.07, 6.45) is 1.82. The van der Waals surface area contributed by atoms with Crippen LogP contribution in [-0.2, 0) is 0 Å². The lowest BCUT2D eigenvalue weighted by Gasteiger charge is -2.19. The van der Waals surface area contributed by atoms with Crippen LogP contribution in [0.25, 0.3) is 0 Å². The third-order valence-corrected chi connectivity index (χ3v) is 3.42. The number of thiophene rings is 1. The van der Waals surface area contributed by atoms with Crippen molar-refractivity contribution < 1.29 is 4.79 Å². The van der Waals surface area contributed by atoms with Crippen LogP contribution in [0.3, 0.4) is 0 Å². The molecule has 0 fully saturated rings. The molecule has 15 heavy (non-hydrogen) atoms. The molecule has 1 rings (SSSR count). The van der Waals surface area contributed by atoms with Crippen LogP contribution >= 0.6 is 22.9 Å². The number of rotatable bonds is 4. The van der Waals surface area contributed by atoms with E-state index in [9.17, 15) is 4.79 Å². The number of hydrogen-bond acceptors (Lipinski definition) is 2. The standard InChI is InChI=1S/C11H14ClNOS/c1-4-11(2,3)7-13-10(14)9-8(12)5-6-15-9/h4-6H,1,7H2,2-3H3,(H,13,14). The van der Waals surface area contributed by atoms with Gasteiger partial charge in [0.1, 0.15) is 4.88 Å². The Bertz CT molecular complexity index is 370. The molecule has 0 aliphatic heterocycles. The maximum absolute atomic E-state index is 11.7. The highest BCUT2D eigenvalue weighted by atomic mass is 35.5. The third-order valence-electron chi connectivity index (χ3n) is 2.08. The van der Waals surface area contributed by atoms with Gasteiger partial charge in [-0.05, 0) is 16.9 Å². The molecule has 0 saturated carbocycles. The largest absolute Gasteiger partial charge is 0.350 e. The van der Waals surface area contributed by atoms with E-state index >= 15 is 0 Å². The van der Waals surface area contributed by atoms with Crippen LogP contribution in [0.4, 0.5) is 0 Å². The Morgan fingerprint density at radius 1 is 1.73 bits per heavy atom. The van der Waals surface area contributed by atoms with Gasteiger partial charge in [0.15, 0.2) is 0 Å². The fraction of sp³-hybridized carbons (Fsp3) is 0.364. The van der Waals surface area contributed by atoms with Crippen LogP contribution in [0.1, 0.15) is 23.5 Å². The van der Waals surface area contributed by atoms with Gasteiger partial charge in [0, 0.05) is 6.54 Å². The van der Waals surface area contributed by atoms with Gasteiger partial charge in [0.25, 0.3) is 5.91 Å². The topological polar surface area (TPSA) is 29.1 Å². The van der Waals surface area contributed by atoms with Crippen molar-refractivity contribution in [3.8, 4) is 0 Å². The zero-order chi connectivity index (χ0) is 11.5. The molecule has 1 aromatic rings. The van der Waals surface area contributed by atoms with Crippen molar-refractivity contribution in [2.45, 2.75) is 13.8 Å². The molecular weight excluding hydrogens is 230 g/mol. The Labute approximate surface area is 99.0 Å². The molecule has 82 valence electrons. The van der Waals surface area contributed by atoms with E-state index in [1.165, 1.54) is 11.3 Å². The van der Waals surface area contributed by atoms with Gasteiger partial charge in [-0.25, -0.2) is 0 Å². The van der Waals surface area contributed by atoms with Gasteiger partial charge in [0.2, 0.25) is 0 Å². The number of carbonyl (C=O) groups excluding carboxylic acids is 1. The third kappa shape index (κ3) is 3.36. The van der Waals surface area contributed by atoms with E-state index in [4.69, 9.17) is 11.6 Å². The number of carbonyl (C=O) groups is 1. The maximum atomic E-state index is 11.7. The Hall–Kier alpha value is -0.800. The van der Waals surface area contributed by atoms with Crippen molar-refractivity contribution in [3.63, 3.8) is 0 Å². The minimum absolute atomic E-state index is 0.0978. The zero-order valence-electron chi connectivity index (χ0n) is 8.84. The van der Waals surface area contributed by atoms with Crippen LogP contribution in [0.5, 0.6) is 0 Å². The van der Waals surface area contributed by atoms with Gasteiger partial charge < -0.3 is 5.32 Å². The highest BCUT2D eigenvalue weighted by Crippen LogP contribution is 2.22. The van der Waals surface area contributed by atoms with Crippen LogP contribution in [-0.4, -0.2) is 12.5 Å². The molecule has 1 aromatic heterocycles. The molecule has 2 nitrogen and oxygen atoms in total. The van der Waals surface area contributed by atoms with Gasteiger partial charge >= 0.3 is 0 Å². The quantitative estimate of drug-likeness (QED) is 0.808. The lowest BCUT2D eigenvalue weighted by Crippen LogP contribution is -2.32. The van der Waals surface area contributed by atoms with E-state index in [-0.39, 0.29) is 11.3 Å². The molecular formula is C11H14ClNOS. The van der Waals surface area contributed by atoms with E-state index in [1.807, 2.05) is 19.9 Å². The summed E-state index contributed by atoms with van der Waals surface area (Å²) in [5.41, 5.74) is -0.0978. The molecule has 0 atom stereocenters. The predicted molar refractivity (Wildman–Crippen MR) is 65.6 cm³/mol. The van der Waals surface area contributed by atoms with Crippen molar-refractivity contribution >= 4 is 28.8 Å². The van der Waals surface area contributed by atoms with Crippen molar-refractivity contribution in [2.75, 3.05) is 6.54 Å². The summed E-state index contributed by atoms with van der Waals surface area (Å²) in [5.74, 6) is -0.120. The van der Waals surface area contributed by atoms with Crippen molar-refractivity contribution in [2.24, 2.45) is 5.41 Å². The van der Waals surface area contributed by atoms with Crippen LogP contribution in [0.2, 0.25) is 5.02 Å². The lowest BCUT2D eigenvalue weighted by molar-refractivity contribution is 0.0947. The summed E-state index contributed by atoms with van der Waals surface area (Å²) in [4.78, 5) is 12.2. The summed E-state index contributed by atoms with van der Waals surface area (Å²) < 4.78 is 0. The summed E-state index contributed by atoms with van der Waals surface area (Å²) >= 11 is 7.19. The monoisotopic (exact) mass is 243 g/mol. The Morgan fingerprint density at radius 3 is 2.87 bits per heavy atom. The highest BCUT2D eigenvalue weighted by Gasteiger charge is 2.17. The average molecular weight is 244 g/mol. The highest BCUT2D eigenvalue weighted by molar-refractivity contribution is 7.12. The molecule has 0 bridgehead atoms. The van der Waals surface area contributed by atoms with Gasteiger partial charge in [-0.15, -0.1) is 17.9 Å². The van der Waals surface area contributed by atoms with Gasteiger partial charge in [-0.3, -0.25) is 4.79 Å². The summed E-state index contributed by atoms with van der Waals surface area (Å²) in [7, 11) is 0. The van der Waals surface area contributed by atoms with Crippen LogP contribution in [0.15, 0.2) is 24.1 Å². The van der Waals surface area contributed by atoms with E-state index < -0.39 is 0 Å². The summed E-state index contributed by atoms with van der Waals surface area (Å²) in [5, 5.41) is 5.14. The van der Waals surface area contributed by atoms with Crippen molar-refractivity contribution in [3.05, 3.63) is 34.0 Å². The molecule has 0 radical (unpaired) electrons. The molecule has 0 spiro atoms. The zero-order valence-corrected chi connectivity index (χ0v) is 10.4. The second-order valence-corrected chi connectivity index (χ2v) is 5.30. The molecule has 0 aliphatic rings. The molecule has 1 N–H and O–H groups in total. The SMILES string of the molecule is C=CC(C)(C)CNC(=O)c1sccc1Cl. The first-order valence-electron chi connectivity index (χ1n) is 4.61. The van der Waals surface area contributed by atoms with Crippen molar-refractivity contribution in [1.82, 2.24) is 5.32 Å². The summed E-state index contributed by atoms with van der Waals surface area (Å²) in [6.45, 7) is 8.30. The summed E-state index contributed by atoms with van der Waals surface area (Å²) in [6, 6.07) is 1.72. The maximum Gasteiger partial charge on any atom is 0.262 e. The molecule has 1 heterocycles. The number of amides is 1. The second kappa shape index (κ2) is 4.81. The molecule has 0 saturated heterocycles. The van der Waals surface area contributed by atoms with E-state index in [0.717, 1.165) is 0 Å². The first-order valence-corrected chi connectivity index (χ1v) is 5.87. The van der Waals surface area contributed by atoms with Gasteiger partial charge in [0.05, 0.1) is 5.02 Å². The molecule has 0 aliphatic carbocycles. The number of halogens is 1. The fourth-order valence-electron chi connectivity index (χ4n) is 0.916. The van der Waals surface area contributed by atoms with E-state index in [0.29, 0.717) is 16.4 Å². The van der Waals surface area contributed by atoms with Gasteiger partial charge in [-0.2, -0.15) is 0 Å². The van der Waals surface area contributed by atoms with Gasteiger partial charge in [-0.1, -0.05) is 31.5 Å². The number of nitrogens with one attached hydrogen (secondary N) is 1. The fourth-order valence-corrected chi connectivity index (χ4v) is 1.97. The smallest absolute Gasteiger partial charge is 0.262 e. The average Bonchev–Trinajstić information content (AvgIpc) is 2.61. The Kier molecular flexibility index (Phi) is 3.94. The lowest BCUT2D eigenvalue weighted by atomic mass is 9.94. The molecule has 0 aromatic carbocycles. The Morgan fingerprint density at radius 2 is 2.40 bits per heavy atom. The Balaban J connectivity index is 2.58.